The van der Waals surface area contributed by atoms with Crippen LogP contribution in [0.3, 0.4) is 0 Å². The molecule has 1 aromatic rings. The molecule has 2 aliphatic rings. The Bertz CT molecular complexity index is 450. The molecule has 1 N–H and O–H groups in total. The summed E-state index contributed by atoms with van der Waals surface area (Å²) in [6.45, 7) is 0.940. The van der Waals surface area contributed by atoms with Crippen molar-refractivity contribution in [1.82, 2.24) is 4.90 Å². The first-order valence-electron chi connectivity index (χ1n) is 6.77. The third-order valence-electron chi connectivity index (χ3n) is 3.79. The summed E-state index contributed by atoms with van der Waals surface area (Å²) in [5, 5.41) is 8.95. The summed E-state index contributed by atoms with van der Waals surface area (Å²) in [7, 11) is 0. The highest BCUT2D eigenvalue weighted by atomic mass is 16.4. The van der Waals surface area contributed by atoms with Gasteiger partial charge in [0.25, 0.3) is 0 Å². The first-order chi connectivity index (χ1) is 8.72. The maximum atomic E-state index is 10.9. The largest absolute Gasteiger partial charge is 0.480 e. The van der Waals surface area contributed by atoms with E-state index in [1.165, 1.54) is 24.0 Å². The highest BCUT2D eigenvalue weighted by Crippen LogP contribution is 2.40. The highest BCUT2D eigenvalue weighted by Gasteiger charge is 2.30. The predicted molar refractivity (Wildman–Crippen MR) is 69.5 cm³/mol. The second-order valence-corrected chi connectivity index (χ2v) is 5.55. The zero-order chi connectivity index (χ0) is 12.5. The molecule has 2 aliphatic carbocycles. The normalized spacial score (nSPS) is 19.2. The van der Waals surface area contributed by atoms with Gasteiger partial charge in [-0.1, -0.05) is 24.3 Å². The molecule has 96 valence electrons. The van der Waals surface area contributed by atoms with Crippen LogP contribution in [0, 0.1) is 0 Å². The molecule has 0 aliphatic heterocycles. The zero-order valence-electron chi connectivity index (χ0n) is 10.5. The van der Waals surface area contributed by atoms with Gasteiger partial charge in [-0.05, 0) is 42.7 Å². The molecule has 0 atom stereocenters. The fourth-order valence-electron chi connectivity index (χ4n) is 2.52. The first-order valence-corrected chi connectivity index (χ1v) is 6.77. The van der Waals surface area contributed by atoms with Crippen molar-refractivity contribution in [2.24, 2.45) is 0 Å². The standard InChI is InChI=1S/C15H19NO2/c17-15(18)10-16(14-6-7-14)9-11-2-1-3-13(8-11)12-4-5-12/h1-3,8,12,14H,4-7,9-10H2,(H,17,18). The van der Waals surface area contributed by atoms with Gasteiger partial charge in [0.2, 0.25) is 0 Å². The van der Waals surface area contributed by atoms with Crippen molar-refractivity contribution in [3.8, 4) is 0 Å². The lowest BCUT2D eigenvalue weighted by atomic mass is 10.1. The SMILES string of the molecule is O=C(O)CN(Cc1cccc(C2CC2)c1)C1CC1. The first kappa shape index (κ1) is 11.7. The average Bonchev–Trinajstić information content (AvgIpc) is 3.18. The number of nitrogens with zero attached hydrogens (tertiary/aromatic N) is 1. The van der Waals surface area contributed by atoms with E-state index >= 15 is 0 Å². The summed E-state index contributed by atoms with van der Waals surface area (Å²) >= 11 is 0. The Morgan fingerprint density at radius 2 is 2.06 bits per heavy atom. The van der Waals surface area contributed by atoms with E-state index in [9.17, 15) is 4.79 Å². The van der Waals surface area contributed by atoms with Crippen LogP contribution in [0.15, 0.2) is 24.3 Å². The molecule has 0 aromatic heterocycles. The number of carbonyl (C=O) groups is 1. The maximum absolute atomic E-state index is 10.9. The third-order valence-corrected chi connectivity index (χ3v) is 3.79. The van der Waals surface area contributed by atoms with Crippen LogP contribution < -0.4 is 0 Å². The van der Waals surface area contributed by atoms with E-state index in [4.69, 9.17) is 5.11 Å². The van der Waals surface area contributed by atoms with Crippen LogP contribution in [0.25, 0.3) is 0 Å². The molecule has 0 unspecified atom stereocenters. The van der Waals surface area contributed by atoms with Crippen LogP contribution in [0.2, 0.25) is 0 Å². The molecule has 1 aromatic carbocycles. The van der Waals surface area contributed by atoms with Crippen molar-refractivity contribution < 1.29 is 9.90 Å². The van der Waals surface area contributed by atoms with Gasteiger partial charge in [0.15, 0.2) is 0 Å². The molecule has 0 amide bonds. The minimum absolute atomic E-state index is 0.165. The van der Waals surface area contributed by atoms with Gasteiger partial charge in [-0.15, -0.1) is 0 Å². The quantitative estimate of drug-likeness (QED) is 0.837. The number of hydrogen-bond acceptors (Lipinski definition) is 2. The van der Waals surface area contributed by atoms with Crippen LogP contribution >= 0.6 is 0 Å². The van der Waals surface area contributed by atoms with E-state index in [0.717, 1.165) is 25.3 Å². The average molecular weight is 245 g/mol. The van der Waals surface area contributed by atoms with Gasteiger partial charge in [-0.2, -0.15) is 0 Å². The molecule has 0 heterocycles. The second-order valence-electron chi connectivity index (χ2n) is 5.55. The van der Waals surface area contributed by atoms with E-state index in [1.54, 1.807) is 0 Å². The van der Waals surface area contributed by atoms with E-state index < -0.39 is 5.97 Å². The predicted octanol–water partition coefficient (Wildman–Crippen LogP) is 2.61. The Morgan fingerprint density at radius 3 is 2.67 bits per heavy atom. The number of aliphatic carboxylic acids is 1. The molecular weight excluding hydrogens is 226 g/mol. The van der Waals surface area contributed by atoms with Crippen molar-refractivity contribution in [2.45, 2.75) is 44.2 Å². The van der Waals surface area contributed by atoms with E-state index in [2.05, 4.69) is 29.2 Å². The Balaban J connectivity index is 1.69. The third kappa shape index (κ3) is 2.91. The topological polar surface area (TPSA) is 40.5 Å². The smallest absolute Gasteiger partial charge is 0.317 e. The molecule has 3 heteroatoms. The molecule has 3 nitrogen and oxygen atoms in total. The van der Waals surface area contributed by atoms with Crippen molar-refractivity contribution >= 4 is 5.97 Å². The minimum atomic E-state index is -0.722. The summed E-state index contributed by atoms with van der Waals surface area (Å²) in [4.78, 5) is 13.0. The number of benzene rings is 1. The van der Waals surface area contributed by atoms with Gasteiger partial charge >= 0.3 is 5.97 Å². The Labute approximate surface area is 107 Å². The van der Waals surface area contributed by atoms with Gasteiger partial charge in [0.1, 0.15) is 0 Å². The lowest BCUT2D eigenvalue weighted by Gasteiger charge is -2.20. The van der Waals surface area contributed by atoms with Crippen molar-refractivity contribution in [3.05, 3.63) is 35.4 Å². The molecule has 0 radical (unpaired) electrons. The minimum Gasteiger partial charge on any atom is -0.480 e. The fraction of sp³-hybridized carbons (Fsp3) is 0.533. The van der Waals surface area contributed by atoms with Crippen LogP contribution in [-0.2, 0) is 11.3 Å². The molecule has 2 fully saturated rings. The summed E-state index contributed by atoms with van der Waals surface area (Å²) in [6, 6.07) is 9.16. The Kier molecular flexibility index (Phi) is 3.08. The van der Waals surface area contributed by atoms with E-state index in [0.29, 0.717) is 6.04 Å². The van der Waals surface area contributed by atoms with Gasteiger partial charge in [0.05, 0.1) is 6.54 Å². The molecular formula is C15H19NO2. The van der Waals surface area contributed by atoms with E-state index in [-0.39, 0.29) is 6.54 Å². The van der Waals surface area contributed by atoms with Gasteiger partial charge in [-0.3, -0.25) is 9.69 Å². The monoisotopic (exact) mass is 245 g/mol. The zero-order valence-corrected chi connectivity index (χ0v) is 10.5. The van der Waals surface area contributed by atoms with Crippen LogP contribution in [0.5, 0.6) is 0 Å². The number of hydrogen-bond donors (Lipinski definition) is 1. The molecule has 2 saturated carbocycles. The van der Waals surface area contributed by atoms with Gasteiger partial charge < -0.3 is 5.11 Å². The molecule has 0 saturated heterocycles. The Hall–Kier alpha value is -1.35. The highest BCUT2D eigenvalue weighted by molar-refractivity contribution is 5.69. The number of rotatable bonds is 6. The summed E-state index contributed by atoms with van der Waals surface area (Å²) in [6.07, 6.45) is 4.92. The van der Waals surface area contributed by atoms with E-state index in [1.807, 2.05) is 0 Å². The van der Waals surface area contributed by atoms with Gasteiger partial charge in [0, 0.05) is 12.6 Å². The van der Waals surface area contributed by atoms with Crippen LogP contribution in [0.1, 0.15) is 42.7 Å². The summed E-state index contributed by atoms with van der Waals surface area (Å²) in [5.74, 6) is 0.0408. The van der Waals surface area contributed by atoms with Crippen molar-refractivity contribution in [2.75, 3.05) is 6.54 Å². The maximum Gasteiger partial charge on any atom is 0.317 e. The van der Waals surface area contributed by atoms with Crippen LogP contribution in [-0.4, -0.2) is 28.6 Å². The molecule has 18 heavy (non-hydrogen) atoms. The molecule has 3 rings (SSSR count). The Morgan fingerprint density at radius 1 is 1.28 bits per heavy atom. The fourth-order valence-corrected chi connectivity index (χ4v) is 2.52. The van der Waals surface area contributed by atoms with Gasteiger partial charge in [-0.25, -0.2) is 0 Å². The molecule has 0 spiro atoms. The number of carboxylic acids is 1. The number of carboxylic acid groups (broad SMARTS) is 1. The second kappa shape index (κ2) is 4.73. The summed E-state index contributed by atoms with van der Waals surface area (Å²) in [5.41, 5.74) is 2.69. The van der Waals surface area contributed by atoms with Crippen molar-refractivity contribution in [1.29, 1.82) is 0 Å². The van der Waals surface area contributed by atoms with Crippen molar-refractivity contribution in [3.63, 3.8) is 0 Å². The van der Waals surface area contributed by atoms with Crippen LogP contribution in [0.4, 0.5) is 0 Å². The lowest BCUT2D eigenvalue weighted by molar-refractivity contribution is -0.138. The lowest BCUT2D eigenvalue weighted by Crippen LogP contribution is -2.31. The molecule has 0 bridgehead atoms. The summed E-state index contributed by atoms with van der Waals surface area (Å²) < 4.78 is 0.